The van der Waals surface area contributed by atoms with Crippen LogP contribution in [0.4, 0.5) is 23.7 Å². The quantitative estimate of drug-likeness (QED) is 0.242. The number of nitrogens with one attached hydrogen (secondary N) is 1. The number of alkyl halides is 3. The second-order valence-corrected chi connectivity index (χ2v) is 9.26. The van der Waals surface area contributed by atoms with Gasteiger partial charge in [0.15, 0.2) is 10.9 Å². The molecule has 0 aliphatic rings. The number of urea groups is 1. The Balaban J connectivity index is 1.44. The van der Waals surface area contributed by atoms with E-state index in [0.29, 0.717) is 17.1 Å². The van der Waals surface area contributed by atoms with Crippen molar-refractivity contribution in [1.29, 1.82) is 0 Å². The summed E-state index contributed by atoms with van der Waals surface area (Å²) in [5.74, 6) is 0.341. The van der Waals surface area contributed by atoms with E-state index in [1.807, 2.05) is 24.3 Å². The third kappa shape index (κ3) is 7.23. The molecule has 3 aromatic carbocycles. The number of hydrogen-bond acceptors (Lipinski definition) is 5. The van der Waals surface area contributed by atoms with E-state index in [0.717, 1.165) is 21.7 Å². The van der Waals surface area contributed by atoms with Crippen molar-refractivity contribution in [3.63, 3.8) is 0 Å². The summed E-state index contributed by atoms with van der Waals surface area (Å²) in [5.41, 5.74) is 9.41. The Kier molecular flexibility index (Phi) is 8.49. The summed E-state index contributed by atoms with van der Waals surface area (Å²) in [4.78, 5) is 17.5. The number of ether oxygens (including phenoxy) is 1. The summed E-state index contributed by atoms with van der Waals surface area (Å²) in [6.07, 6.45) is -0.125. The number of carbonyl (C=O) groups is 1. The molecule has 0 fully saturated rings. The summed E-state index contributed by atoms with van der Waals surface area (Å²) in [5, 5.41) is 7.63. The standard InChI is InChI=1S/C28H25F3N6O2S/c1-18(2)23-5-3-4-6-24(23)34-27(40)36(26(32)38)16-15-19-7-9-20(10-8-19)25-33-17-37(35-25)21-11-13-22(14-12-21)39-28(29,30)31/h3-18H,1-2H3,(H2,32,38)(H,34,40)/b16-15+. The monoisotopic (exact) mass is 566 g/mol. The third-order valence-corrected chi connectivity index (χ3v) is 5.99. The van der Waals surface area contributed by atoms with Crippen LogP contribution in [0.1, 0.15) is 30.9 Å². The van der Waals surface area contributed by atoms with Gasteiger partial charge in [0.2, 0.25) is 0 Å². The summed E-state index contributed by atoms with van der Waals surface area (Å²) in [6, 6.07) is 19.4. The summed E-state index contributed by atoms with van der Waals surface area (Å²) >= 11 is 5.44. The highest BCUT2D eigenvalue weighted by molar-refractivity contribution is 7.80. The number of para-hydroxylation sites is 1. The molecule has 1 heterocycles. The number of nitrogens with zero attached hydrogens (tertiary/aromatic N) is 4. The molecule has 0 saturated heterocycles. The normalized spacial score (nSPS) is 11.6. The van der Waals surface area contributed by atoms with Crippen LogP contribution in [0.2, 0.25) is 0 Å². The Bertz CT molecular complexity index is 1520. The van der Waals surface area contributed by atoms with Crippen molar-refractivity contribution in [2.45, 2.75) is 26.1 Å². The predicted molar refractivity (Wildman–Crippen MR) is 151 cm³/mol. The van der Waals surface area contributed by atoms with Crippen LogP contribution in [0, 0.1) is 0 Å². The summed E-state index contributed by atoms with van der Waals surface area (Å²) in [6.45, 7) is 4.13. The first-order valence-corrected chi connectivity index (χ1v) is 12.5. The topological polar surface area (TPSA) is 98.3 Å². The molecule has 2 amide bonds. The molecule has 4 rings (SSSR count). The van der Waals surface area contributed by atoms with Crippen molar-refractivity contribution in [1.82, 2.24) is 19.7 Å². The van der Waals surface area contributed by atoms with Crippen LogP contribution in [0.25, 0.3) is 23.2 Å². The zero-order valence-corrected chi connectivity index (χ0v) is 22.3. The molecule has 1 aromatic heterocycles. The van der Waals surface area contributed by atoms with Crippen LogP contribution in [0.15, 0.2) is 85.3 Å². The number of halogens is 3. The first kappa shape index (κ1) is 28.3. The molecular formula is C28H25F3N6O2S. The van der Waals surface area contributed by atoms with E-state index in [2.05, 4.69) is 34.0 Å². The minimum Gasteiger partial charge on any atom is -0.406 e. The van der Waals surface area contributed by atoms with Crippen LogP contribution in [0.3, 0.4) is 0 Å². The van der Waals surface area contributed by atoms with Crippen molar-refractivity contribution in [3.8, 4) is 22.8 Å². The van der Waals surface area contributed by atoms with E-state index in [1.54, 1.807) is 30.3 Å². The molecule has 40 heavy (non-hydrogen) atoms. The molecule has 0 atom stereocenters. The van der Waals surface area contributed by atoms with Crippen LogP contribution in [0.5, 0.6) is 5.75 Å². The summed E-state index contributed by atoms with van der Waals surface area (Å²) < 4.78 is 42.5. The van der Waals surface area contributed by atoms with E-state index in [4.69, 9.17) is 18.0 Å². The Morgan fingerprint density at radius 1 is 1.07 bits per heavy atom. The van der Waals surface area contributed by atoms with E-state index in [9.17, 15) is 18.0 Å². The molecular weight excluding hydrogens is 541 g/mol. The van der Waals surface area contributed by atoms with Gasteiger partial charge in [-0.05, 0) is 65.7 Å². The van der Waals surface area contributed by atoms with Gasteiger partial charge in [-0.3, -0.25) is 0 Å². The van der Waals surface area contributed by atoms with Gasteiger partial charge >= 0.3 is 12.4 Å². The van der Waals surface area contributed by atoms with Gasteiger partial charge in [-0.25, -0.2) is 19.4 Å². The fourth-order valence-corrected chi connectivity index (χ4v) is 4.02. The molecule has 0 aliphatic carbocycles. The number of hydrogen-bond donors (Lipinski definition) is 2. The maximum Gasteiger partial charge on any atom is 0.573 e. The maximum absolute atomic E-state index is 12.4. The first-order chi connectivity index (χ1) is 19.0. The van der Waals surface area contributed by atoms with Crippen LogP contribution < -0.4 is 15.8 Å². The summed E-state index contributed by atoms with van der Waals surface area (Å²) in [7, 11) is 0. The van der Waals surface area contributed by atoms with Gasteiger partial charge in [-0.15, -0.1) is 18.3 Å². The fourth-order valence-electron chi connectivity index (χ4n) is 3.76. The maximum atomic E-state index is 12.4. The van der Waals surface area contributed by atoms with Gasteiger partial charge in [0.25, 0.3) is 0 Å². The van der Waals surface area contributed by atoms with Crippen LogP contribution in [-0.4, -0.2) is 37.2 Å². The minimum atomic E-state index is -4.76. The van der Waals surface area contributed by atoms with E-state index in [-0.39, 0.29) is 16.8 Å². The number of benzene rings is 3. The Labute approximate surface area is 233 Å². The number of primary amides is 1. The van der Waals surface area contributed by atoms with Crippen molar-refractivity contribution in [2.75, 3.05) is 5.32 Å². The highest BCUT2D eigenvalue weighted by atomic mass is 32.1. The molecule has 0 bridgehead atoms. The SMILES string of the molecule is CC(C)c1ccccc1NC(=S)N(/C=C/c1ccc(-c2ncn(-c3ccc(OC(F)(F)F)cc3)n2)cc1)C(N)=O. The molecule has 206 valence electrons. The second-order valence-electron chi connectivity index (χ2n) is 8.87. The predicted octanol–water partition coefficient (Wildman–Crippen LogP) is 6.70. The molecule has 4 aromatic rings. The van der Waals surface area contributed by atoms with Crippen LogP contribution >= 0.6 is 12.2 Å². The Morgan fingerprint density at radius 3 is 2.38 bits per heavy atom. The minimum absolute atomic E-state index is 0.140. The first-order valence-electron chi connectivity index (χ1n) is 12.1. The largest absolute Gasteiger partial charge is 0.573 e. The van der Waals surface area contributed by atoms with Gasteiger partial charge < -0.3 is 15.8 Å². The molecule has 3 N–H and O–H groups in total. The lowest BCUT2D eigenvalue weighted by Crippen LogP contribution is -2.39. The van der Waals surface area contributed by atoms with E-state index < -0.39 is 12.4 Å². The number of rotatable bonds is 7. The number of thiocarbonyl (C=S) groups is 1. The molecule has 0 unspecified atom stereocenters. The highest BCUT2D eigenvalue weighted by Gasteiger charge is 2.31. The smallest absolute Gasteiger partial charge is 0.406 e. The van der Waals surface area contributed by atoms with Gasteiger partial charge in [0.1, 0.15) is 12.1 Å². The van der Waals surface area contributed by atoms with Gasteiger partial charge in [0, 0.05) is 17.5 Å². The van der Waals surface area contributed by atoms with Crippen molar-refractivity contribution < 1.29 is 22.7 Å². The van der Waals surface area contributed by atoms with Crippen LogP contribution in [-0.2, 0) is 0 Å². The van der Waals surface area contributed by atoms with Gasteiger partial charge in [-0.2, -0.15) is 0 Å². The molecule has 0 spiro atoms. The van der Waals surface area contributed by atoms with Crippen molar-refractivity contribution >= 4 is 35.1 Å². The van der Waals surface area contributed by atoms with Crippen molar-refractivity contribution in [2.24, 2.45) is 5.73 Å². The average molecular weight is 567 g/mol. The second kappa shape index (κ2) is 12.0. The third-order valence-electron chi connectivity index (χ3n) is 5.69. The molecule has 0 aliphatic heterocycles. The number of amides is 2. The lowest BCUT2D eigenvalue weighted by Gasteiger charge is -2.20. The van der Waals surface area contributed by atoms with Gasteiger partial charge in [0.05, 0.1) is 5.69 Å². The molecule has 0 radical (unpaired) electrons. The number of anilines is 1. The lowest BCUT2D eigenvalue weighted by atomic mass is 10.0. The Hall–Kier alpha value is -4.71. The molecule has 0 saturated carbocycles. The zero-order valence-electron chi connectivity index (χ0n) is 21.5. The van der Waals surface area contributed by atoms with E-state index >= 15 is 0 Å². The zero-order chi connectivity index (χ0) is 28.9. The highest BCUT2D eigenvalue weighted by Crippen LogP contribution is 2.25. The molecule has 12 heteroatoms. The van der Waals surface area contributed by atoms with E-state index in [1.165, 1.54) is 41.5 Å². The number of nitrogens with two attached hydrogens (primary N) is 1. The fraction of sp³-hybridized carbons (Fsp3) is 0.143. The Morgan fingerprint density at radius 2 is 1.75 bits per heavy atom. The number of aromatic nitrogens is 3. The van der Waals surface area contributed by atoms with Gasteiger partial charge in [-0.1, -0.05) is 56.3 Å². The lowest BCUT2D eigenvalue weighted by molar-refractivity contribution is -0.274. The number of carbonyl (C=O) groups excluding carboxylic acids is 1. The van der Waals surface area contributed by atoms with Crippen molar-refractivity contribution in [3.05, 3.63) is 96.5 Å². The molecule has 8 nitrogen and oxygen atoms in total. The average Bonchev–Trinajstić information content (AvgIpc) is 3.39.